The molecule has 4 nitrogen and oxygen atoms in total. The summed E-state index contributed by atoms with van der Waals surface area (Å²) in [5, 5.41) is 2.91. The van der Waals surface area contributed by atoms with Gasteiger partial charge in [0.2, 0.25) is 5.91 Å². The molecule has 4 heteroatoms. The van der Waals surface area contributed by atoms with Crippen LogP contribution in [0.25, 0.3) is 0 Å². The number of nitrogens with zero attached hydrogens (tertiary/aromatic N) is 1. The standard InChI is InChI=1S/C15H23N3O/c1-11(2)18(9-12-3-4-12)10-15(19)17-14-7-5-13(16)6-8-14/h5-8,11-12H,3-4,9-10,16H2,1-2H3,(H,17,19). The Hall–Kier alpha value is -1.55. The molecule has 1 amide bonds. The van der Waals surface area contributed by atoms with E-state index in [-0.39, 0.29) is 5.91 Å². The average molecular weight is 261 g/mol. The van der Waals surface area contributed by atoms with Gasteiger partial charge in [0.05, 0.1) is 6.54 Å². The highest BCUT2D eigenvalue weighted by Crippen LogP contribution is 2.30. The number of anilines is 2. The first-order valence-corrected chi connectivity index (χ1v) is 6.94. The number of rotatable bonds is 6. The number of hydrogen-bond acceptors (Lipinski definition) is 3. The van der Waals surface area contributed by atoms with E-state index >= 15 is 0 Å². The first-order valence-electron chi connectivity index (χ1n) is 6.94. The summed E-state index contributed by atoms with van der Waals surface area (Å²) in [6, 6.07) is 7.64. The highest BCUT2D eigenvalue weighted by Gasteiger charge is 2.26. The molecule has 1 aliphatic carbocycles. The van der Waals surface area contributed by atoms with E-state index in [1.165, 1.54) is 12.8 Å². The second-order valence-corrected chi connectivity index (χ2v) is 5.64. The van der Waals surface area contributed by atoms with Gasteiger partial charge in [-0.05, 0) is 56.9 Å². The Morgan fingerprint density at radius 2 is 2.00 bits per heavy atom. The molecule has 0 unspecified atom stereocenters. The lowest BCUT2D eigenvalue weighted by molar-refractivity contribution is -0.117. The Kier molecular flexibility index (Phi) is 4.43. The predicted molar refractivity (Wildman–Crippen MR) is 78.9 cm³/mol. The van der Waals surface area contributed by atoms with Crippen LogP contribution in [0, 0.1) is 5.92 Å². The van der Waals surface area contributed by atoms with Crippen molar-refractivity contribution in [3.63, 3.8) is 0 Å². The molecule has 3 N–H and O–H groups in total. The van der Waals surface area contributed by atoms with Crippen LogP contribution in [0.15, 0.2) is 24.3 Å². The van der Waals surface area contributed by atoms with E-state index in [9.17, 15) is 4.79 Å². The van der Waals surface area contributed by atoms with Crippen LogP contribution in [0.4, 0.5) is 11.4 Å². The maximum Gasteiger partial charge on any atom is 0.238 e. The molecule has 0 radical (unpaired) electrons. The van der Waals surface area contributed by atoms with Crippen molar-refractivity contribution in [1.29, 1.82) is 0 Å². The van der Waals surface area contributed by atoms with E-state index in [1.807, 2.05) is 12.1 Å². The molecule has 1 aliphatic rings. The highest BCUT2D eigenvalue weighted by molar-refractivity contribution is 5.92. The lowest BCUT2D eigenvalue weighted by Gasteiger charge is -2.25. The molecule has 104 valence electrons. The minimum atomic E-state index is 0.0409. The average Bonchev–Trinajstić information content (AvgIpc) is 3.15. The first kappa shape index (κ1) is 13.9. The molecular weight excluding hydrogens is 238 g/mol. The van der Waals surface area contributed by atoms with Gasteiger partial charge in [0.25, 0.3) is 0 Å². The van der Waals surface area contributed by atoms with Crippen LogP contribution in [0.1, 0.15) is 26.7 Å². The van der Waals surface area contributed by atoms with Crippen molar-refractivity contribution in [2.75, 3.05) is 24.1 Å². The largest absolute Gasteiger partial charge is 0.399 e. The van der Waals surface area contributed by atoms with Crippen molar-refractivity contribution in [3.05, 3.63) is 24.3 Å². The predicted octanol–water partition coefficient (Wildman–Crippen LogP) is 2.33. The summed E-state index contributed by atoms with van der Waals surface area (Å²) >= 11 is 0. The minimum Gasteiger partial charge on any atom is -0.399 e. The zero-order valence-corrected chi connectivity index (χ0v) is 11.7. The fourth-order valence-corrected chi connectivity index (χ4v) is 2.04. The van der Waals surface area contributed by atoms with Gasteiger partial charge in [-0.3, -0.25) is 9.69 Å². The maximum atomic E-state index is 12.0. The number of nitrogen functional groups attached to an aromatic ring is 1. The van der Waals surface area contributed by atoms with Gasteiger partial charge in [0, 0.05) is 24.0 Å². The van der Waals surface area contributed by atoms with Crippen molar-refractivity contribution >= 4 is 17.3 Å². The summed E-state index contributed by atoms with van der Waals surface area (Å²) < 4.78 is 0. The lowest BCUT2D eigenvalue weighted by atomic mass is 10.2. The molecule has 19 heavy (non-hydrogen) atoms. The van der Waals surface area contributed by atoms with Gasteiger partial charge in [0.1, 0.15) is 0 Å². The summed E-state index contributed by atoms with van der Waals surface area (Å²) in [5.74, 6) is 0.839. The quantitative estimate of drug-likeness (QED) is 0.773. The highest BCUT2D eigenvalue weighted by atomic mass is 16.2. The molecule has 0 saturated heterocycles. The second-order valence-electron chi connectivity index (χ2n) is 5.64. The number of hydrogen-bond donors (Lipinski definition) is 2. The first-order chi connectivity index (χ1) is 9.04. The normalized spacial score (nSPS) is 14.9. The smallest absolute Gasteiger partial charge is 0.238 e. The zero-order valence-electron chi connectivity index (χ0n) is 11.7. The molecule has 0 atom stereocenters. The van der Waals surface area contributed by atoms with Gasteiger partial charge >= 0.3 is 0 Å². The molecule has 0 spiro atoms. The minimum absolute atomic E-state index is 0.0409. The van der Waals surface area contributed by atoms with Gasteiger partial charge in [-0.2, -0.15) is 0 Å². The SMILES string of the molecule is CC(C)N(CC(=O)Nc1ccc(N)cc1)CC1CC1. The molecule has 1 aromatic carbocycles. The van der Waals surface area contributed by atoms with Crippen LogP contribution in [0.3, 0.4) is 0 Å². The van der Waals surface area contributed by atoms with Crippen LogP contribution in [-0.4, -0.2) is 29.9 Å². The molecule has 1 saturated carbocycles. The van der Waals surface area contributed by atoms with Gasteiger partial charge in [-0.1, -0.05) is 0 Å². The van der Waals surface area contributed by atoms with Crippen LogP contribution in [0.2, 0.25) is 0 Å². The fourth-order valence-electron chi connectivity index (χ4n) is 2.04. The number of benzene rings is 1. The molecule has 0 aromatic heterocycles. The third-order valence-electron chi connectivity index (χ3n) is 3.46. The number of nitrogens with two attached hydrogens (primary N) is 1. The van der Waals surface area contributed by atoms with Crippen molar-refractivity contribution < 1.29 is 4.79 Å². The molecule has 0 heterocycles. The molecule has 1 aromatic rings. The molecule has 0 bridgehead atoms. The topological polar surface area (TPSA) is 58.4 Å². The summed E-state index contributed by atoms with van der Waals surface area (Å²) in [6.45, 7) is 5.77. The fraction of sp³-hybridized carbons (Fsp3) is 0.533. The lowest BCUT2D eigenvalue weighted by Crippen LogP contribution is -2.39. The Morgan fingerprint density at radius 3 is 2.53 bits per heavy atom. The Morgan fingerprint density at radius 1 is 1.37 bits per heavy atom. The zero-order chi connectivity index (χ0) is 13.8. The van der Waals surface area contributed by atoms with Gasteiger partial charge in [0.15, 0.2) is 0 Å². The Bertz CT molecular complexity index is 424. The van der Waals surface area contributed by atoms with Gasteiger partial charge in [-0.25, -0.2) is 0 Å². The molecule has 0 aliphatic heterocycles. The maximum absolute atomic E-state index is 12.0. The Labute approximate surface area is 115 Å². The molecular formula is C15H23N3O. The summed E-state index contributed by atoms with van der Waals surface area (Å²) in [6.07, 6.45) is 2.62. The summed E-state index contributed by atoms with van der Waals surface area (Å²) in [5.41, 5.74) is 7.12. The van der Waals surface area contributed by atoms with E-state index in [0.29, 0.717) is 18.3 Å². The van der Waals surface area contributed by atoms with Crippen molar-refractivity contribution in [1.82, 2.24) is 4.90 Å². The van der Waals surface area contributed by atoms with Crippen molar-refractivity contribution in [2.45, 2.75) is 32.7 Å². The van der Waals surface area contributed by atoms with E-state index < -0.39 is 0 Å². The van der Waals surface area contributed by atoms with Gasteiger partial charge in [-0.15, -0.1) is 0 Å². The van der Waals surface area contributed by atoms with Crippen LogP contribution >= 0.6 is 0 Å². The monoisotopic (exact) mass is 261 g/mol. The van der Waals surface area contributed by atoms with Crippen LogP contribution in [-0.2, 0) is 4.79 Å². The summed E-state index contributed by atoms with van der Waals surface area (Å²) in [4.78, 5) is 14.3. The van der Waals surface area contributed by atoms with Crippen molar-refractivity contribution in [3.8, 4) is 0 Å². The molecule has 1 fully saturated rings. The molecule has 2 rings (SSSR count). The number of amides is 1. The van der Waals surface area contributed by atoms with E-state index in [0.717, 1.165) is 18.2 Å². The van der Waals surface area contributed by atoms with Crippen molar-refractivity contribution in [2.24, 2.45) is 5.92 Å². The Balaban J connectivity index is 1.85. The number of carbonyl (C=O) groups excluding carboxylic acids is 1. The number of carbonyl (C=O) groups is 1. The second kappa shape index (κ2) is 6.06. The van der Waals surface area contributed by atoms with E-state index in [2.05, 4.69) is 24.1 Å². The van der Waals surface area contributed by atoms with Crippen LogP contribution < -0.4 is 11.1 Å². The summed E-state index contributed by atoms with van der Waals surface area (Å²) in [7, 11) is 0. The third kappa shape index (κ3) is 4.56. The van der Waals surface area contributed by atoms with Gasteiger partial charge < -0.3 is 11.1 Å². The van der Waals surface area contributed by atoms with E-state index in [4.69, 9.17) is 5.73 Å². The van der Waals surface area contributed by atoms with Crippen LogP contribution in [0.5, 0.6) is 0 Å². The van der Waals surface area contributed by atoms with E-state index in [1.54, 1.807) is 12.1 Å². The number of nitrogens with one attached hydrogen (secondary N) is 1. The third-order valence-corrected chi connectivity index (χ3v) is 3.46.